The number of allylic oxidation sites excluding steroid dienone is 1. The van der Waals surface area contributed by atoms with E-state index in [9.17, 15) is 9.90 Å². The Labute approximate surface area is 170 Å². The van der Waals surface area contributed by atoms with Crippen molar-refractivity contribution in [1.82, 2.24) is 0 Å². The molecule has 0 bridgehead atoms. The molecule has 150 valence electrons. The minimum absolute atomic E-state index is 0.570. The van der Waals surface area contributed by atoms with Crippen LogP contribution in [0.3, 0.4) is 0 Å². The fourth-order valence-corrected chi connectivity index (χ4v) is 4.75. The number of fused-ring (bicyclic) bond motifs is 1. The van der Waals surface area contributed by atoms with Gasteiger partial charge >= 0.3 is 5.97 Å². The number of hydrogen-bond donors (Lipinski definition) is 1. The lowest BCUT2D eigenvalue weighted by Gasteiger charge is -2.26. The number of ether oxygens (including phenoxy) is 2. The number of hydrogen-bond acceptors (Lipinski definition) is 4. The van der Waals surface area contributed by atoms with Crippen molar-refractivity contribution in [3.05, 3.63) is 45.2 Å². The Morgan fingerprint density at radius 2 is 2.11 bits per heavy atom. The van der Waals surface area contributed by atoms with Crippen molar-refractivity contribution < 1.29 is 19.4 Å². The number of carboxylic acids is 1. The van der Waals surface area contributed by atoms with E-state index in [2.05, 4.69) is 6.07 Å². The van der Waals surface area contributed by atoms with E-state index in [0.29, 0.717) is 0 Å². The summed E-state index contributed by atoms with van der Waals surface area (Å²) < 4.78 is 11.7. The monoisotopic (exact) mass is 400 g/mol. The predicted octanol–water partition coefficient (Wildman–Crippen LogP) is 6.02. The van der Waals surface area contributed by atoms with Gasteiger partial charge in [0.15, 0.2) is 6.10 Å². The predicted molar refractivity (Wildman–Crippen MR) is 114 cm³/mol. The minimum atomic E-state index is -1.02. The van der Waals surface area contributed by atoms with Crippen LogP contribution in [0.25, 0.3) is 17.2 Å². The average Bonchev–Trinajstić information content (AvgIpc) is 2.94. The van der Waals surface area contributed by atoms with Gasteiger partial charge in [-0.2, -0.15) is 0 Å². The van der Waals surface area contributed by atoms with Gasteiger partial charge in [0, 0.05) is 20.9 Å². The zero-order chi connectivity index (χ0) is 20.5. The summed E-state index contributed by atoms with van der Waals surface area (Å²) in [4.78, 5) is 14.2. The molecule has 0 radical (unpaired) electrons. The van der Waals surface area contributed by atoms with Crippen LogP contribution >= 0.6 is 11.3 Å². The van der Waals surface area contributed by atoms with Crippen LogP contribution < -0.4 is 4.74 Å². The molecule has 4 nitrogen and oxygen atoms in total. The van der Waals surface area contributed by atoms with Crippen LogP contribution in [-0.4, -0.2) is 23.3 Å². The van der Waals surface area contributed by atoms with Crippen LogP contribution in [0.1, 0.15) is 61.1 Å². The summed E-state index contributed by atoms with van der Waals surface area (Å²) in [5.41, 5.74) is 3.32. The van der Waals surface area contributed by atoms with Crippen molar-refractivity contribution in [2.45, 2.75) is 59.2 Å². The topological polar surface area (TPSA) is 55.8 Å². The lowest BCUT2D eigenvalue weighted by Crippen LogP contribution is -2.27. The van der Waals surface area contributed by atoms with Gasteiger partial charge in [-0.15, -0.1) is 11.3 Å². The van der Waals surface area contributed by atoms with Gasteiger partial charge in [-0.1, -0.05) is 12.1 Å². The molecular weight excluding hydrogens is 372 g/mol. The second-order valence-electron chi connectivity index (χ2n) is 8.03. The van der Waals surface area contributed by atoms with Gasteiger partial charge in [0.25, 0.3) is 0 Å². The molecule has 0 fully saturated rings. The Bertz CT molecular complexity index is 902. The average molecular weight is 401 g/mol. The van der Waals surface area contributed by atoms with Crippen molar-refractivity contribution >= 4 is 23.4 Å². The molecule has 0 spiro atoms. The second kappa shape index (κ2) is 8.10. The lowest BCUT2D eigenvalue weighted by molar-refractivity contribution is -0.160. The largest absolute Gasteiger partial charge is 0.493 e. The first-order valence-corrected chi connectivity index (χ1v) is 10.5. The molecule has 3 rings (SSSR count). The Morgan fingerprint density at radius 1 is 1.36 bits per heavy atom. The van der Waals surface area contributed by atoms with Crippen molar-refractivity contribution in [2.75, 3.05) is 6.61 Å². The van der Waals surface area contributed by atoms with Gasteiger partial charge in [0.2, 0.25) is 0 Å². The first-order chi connectivity index (χ1) is 13.2. The van der Waals surface area contributed by atoms with Crippen LogP contribution in [-0.2, 0) is 16.0 Å². The standard InChI is InChI=1S/C23H28O4S/c1-6-8-18-20(16-10-11-17-15(13-16)9-7-12-26-17)19(14(2)28-18)21(22(24)25)27-23(3,4)5/h6,8,10-11,13,21H,7,9,12H2,1-5H3,(H,24,25). The SMILES string of the molecule is CC=Cc1sc(C)c(C(OC(C)(C)C)C(=O)O)c1-c1ccc2c(c1)CCCO2. The molecule has 1 atom stereocenters. The Kier molecular flexibility index (Phi) is 5.96. The van der Waals surface area contributed by atoms with Gasteiger partial charge in [0.05, 0.1) is 12.2 Å². The number of thiophene rings is 1. The van der Waals surface area contributed by atoms with E-state index in [-0.39, 0.29) is 0 Å². The van der Waals surface area contributed by atoms with E-state index in [1.165, 1.54) is 5.56 Å². The second-order valence-corrected chi connectivity index (χ2v) is 9.29. The summed E-state index contributed by atoms with van der Waals surface area (Å²) in [6.07, 6.45) is 4.99. The molecule has 5 heteroatoms. The van der Waals surface area contributed by atoms with E-state index in [1.807, 2.05) is 58.9 Å². The lowest BCUT2D eigenvalue weighted by atomic mass is 9.93. The number of aryl methyl sites for hydroxylation is 2. The summed E-state index contributed by atoms with van der Waals surface area (Å²) in [6, 6.07) is 6.17. The van der Waals surface area contributed by atoms with Crippen molar-refractivity contribution in [1.29, 1.82) is 0 Å². The highest BCUT2D eigenvalue weighted by Crippen LogP contribution is 2.44. The van der Waals surface area contributed by atoms with Crippen LogP contribution in [0.5, 0.6) is 5.75 Å². The maximum atomic E-state index is 12.2. The van der Waals surface area contributed by atoms with E-state index in [4.69, 9.17) is 9.47 Å². The summed E-state index contributed by atoms with van der Waals surface area (Å²) in [5.74, 6) is -0.0396. The highest BCUT2D eigenvalue weighted by molar-refractivity contribution is 7.13. The quantitative estimate of drug-likeness (QED) is 0.666. The van der Waals surface area contributed by atoms with Crippen LogP contribution in [0.15, 0.2) is 24.3 Å². The Morgan fingerprint density at radius 3 is 2.75 bits per heavy atom. The van der Waals surface area contributed by atoms with Gasteiger partial charge in [0.1, 0.15) is 5.75 Å². The molecule has 0 aliphatic carbocycles. The molecule has 1 unspecified atom stereocenters. The number of rotatable bonds is 5. The van der Waals surface area contributed by atoms with E-state index in [1.54, 1.807) is 11.3 Å². The van der Waals surface area contributed by atoms with Crippen molar-refractivity contribution in [3.63, 3.8) is 0 Å². The summed E-state index contributed by atoms with van der Waals surface area (Å²) >= 11 is 1.61. The summed E-state index contributed by atoms with van der Waals surface area (Å²) in [6.45, 7) is 10.3. The first kappa shape index (κ1) is 20.6. The fourth-order valence-electron chi connectivity index (χ4n) is 3.56. The van der Waals surface area contributed by atoms with E-state index < -0.39 is 17.7 Å². The molecule has 0 saturated carbocycles. The van der Waals surface area contributed by atoms with Crippen LogP contribution in [0.4, 0.5) is 0 Å². The zero-order valence-electron chi connectivity index (χ0n) is 17.2. The maximum absolute atomic E-state index is 12.2. The van der Waals surface area contributed by atoms with Gasteiger partial charge < -0.3 is 14.6 Å². The molecule has 1 aromatic carbocycles. The third-order valence-corrected chi connectivity index (χ3v) is 5.72. The Balaban J connectivity index is 2.20. The van der Waals surface area contributed by atoms with Gasteiger partial charge in [-0.25, -0.2) is 4.79 Å². The molecule has 0 saturated heterocycles. The molecule has 1 aromatic heterocycles. The molecule has 2 heterocycles. The Hall–Kier alpha value is -2.11. The highest BCUT2D eigenvalue weighted by atomic mass is 32.1. The molecule has 1 aliphatic heterocycles. The molecule has 28 heavy (non-hydrogen) atoms. The third-order valence-electron chi connectivity index (χ3n) is 4.63. The van der Waals surface area contributed by atoms with Gasteiger partial charge in [-0.05, 0) is 76.8 Å². The zero-order valence-corrected chi connectivity index (χ0v) is 18.0. The van der Waals surface area contributed by atoms with Crippen LogP contribution in [0.2, 0.25) is 0 Å². The molecular formula is C23H28O4S. The highest BCUT2D eigenvalue weighted by Gasteiger charge is 2.33. The maximum Gasteiger partial charge on any atom is 0.337 e. The van der Waals surface area contributed by atoms with Crippen molar-refractivity contribution in [2.24, 2.45) is 0 Å². The smallest absolute Gasteiger partial charge is 0.337 e. The summed E-state index contributed by atoms with van der Waals surface area (Å²) in [5, 5.41) is 9.96. The molecule has 0 amide bonds. The third kappa shape index (κ3) is 4.31. The molecule has 1 aliphatic rings. The fraction of sp³-hybridized carbons (Fsp3) is 0.435. The van der Waals surface area contributed by atoms with E-state index >= 15 is 0 Å². The van der Waals surface area contributed by atoms with Crippen LogP contribution in [0, 0.1) is 6.92 Å². The van der Waals surface area contributed by atoms with E-state index in [0.717, 1.165) is 51.6 Å². The molecule has 2 aromatic rings. The van der Waals surface area contributed by atoms with Crippen molar-refractivity contribution in [3.8, 4) is 16.9 Å². The number of benzene rings is 1. The first-order valence-electron chi connectivity index (χ1n) is 9.64. The minimum Gasteiger partial charge on any atom is -0.493 e. The molecule has 1 N–H and O–H groups in total. The number of carbonyl (C=O) groups is 1. The summed E-state index contributed by atoms with van der Waals surface area (Å²) in [7, 11) is 0. The normalized spacial score (nSPS) is 15.3. The number of aliphatic carboxylic acids is 1. The number of carboxylic acid groups (broad SMARTS) is 1. The van der Waals surface area contributed by atoms with Gasteiger partial charge in [-0.3, -0.25) is 0 Å².